The molecule has 208 valence electrons. The maximum atomic E-state index is 13.0. The standard InChI is InChI=1S/C30H29BrN2O6S/c1-4-37-25-16-21(15-24(31)28(25)39-18-27(34)32-22-9-5-7-19(2)13-22)17-26-29(35)33(30(36)40-26)11-12-38-23-10-6-8-20(3)14-23/h5-10,13-17H,4,11-12,18H2,1-3H3,(H,32,34)/b26-17-. The van der Waals surface area contributed by atoms with Gasteiger partial charge in [0.1, 0.15) is 12.4 Å². The summed E-state index contributed by atoms with van der Waals surface area (Å²) < 4.78 is 17.8. The molecule has 1 aliphatic rings. The van der Waals surface area contributed by atoms with Crippen molar-refractivity contribution in [2.75, 3.05) is 31.7 Å². The SMILES string of the molecule is CCOc1cc(/C=C2\SC(=O)N(CCOc3cccc(C)c3)C2=O)cc(Br)c1OCC(=O)Nc1cccc(C)c1. The smallest absolute Gasteiger partial charge is 0.293 e. The van der Waals surface area contributed by atoms with Crippen LogP contribution in [0, 0.1) is 13.8 Å². The molecule has 0 spiro atoms. The number of aryl methyl sites for hydroxylation is 2. The first-order valence-electron chi connectivity index (χ1n) is 12.6. The molecule has 0 unspecified atom stereocenters. The molecule has 10 heteroatoms. The molecule has 1 N–H and O–H groups in total. The molecule has 0 atom stereocenters. The Kier molecular flexibility index (Phi) is 9.89. The summed E-state index contributed by atoms with van der Waals surface area (Å²) in [5.41, 5.74) is 3.41. The van der Waals surface area contributed by atoms with Crippen molar-refractivity contribution in [3.8, 4) is 17.2 Å². The molecule has 0 bridgehead atoms. The van der Waals surface area contributed by atoms with E-state index in [0.29, 0.717) is 44.5 Å². The minimum absolute atomic E-state index is 0.140. The van der Waals surface area contributed by atoms with Crippen molar-refractivity contribution in [1.82, 2.24) is 4.90 Å². The van der Waals surface area contributed by atoms with Gasteiger partial charge in [-0.3, -0.25) is 19.3 Å². The fraction of sp³-hybridized carbons (Fsp3) is 0.233. The molecule has 0 aliphatic carbocycles. The van der Waals surface area contributed by atoms with Gasteiger partial charge in [-0.15, -0.1) is 0 Å². The number of amides is 3. The third-order valence-electron chi connectivity index (χ3n) is 5.73. The number of nitrogens with zero attached hydrogens (tertiary/aromatic N) is 1. The van der Waals surface area contributed by atoms with Crippen LogP contribution in [0.15, 0.2) is 70.0 Å². The van der Waals surface area contributed by atoms with Crippen molar-refractivity contribution in [3.63, 3.8) is 0 Å². The van der Waals surface area contributed by atoms with Crippen LogP contribution in [0.2, 0.25) is 0 Å². The average Bonchev–Trinajstić information content (AvgIpc) is 3.16. The highest BCUT2D eigenvalue weighted by Gasteiger charge is 2.35. The molecule has 40 heavy (non-hydrogen) atoms. The molecule has 4 rings (SSSR count). The number of benzene rings is 3. The number of thioether (sulfide) groups is 1. The molecule has 0 aromatic heterocycles. The molecule has 3 amide bonds. The van der Waals surface area contributed by atoms with Crippen LogP contribution >= 0.6 is 27.7 Å². The highest BCUT2D eigenvalue weighted by atomic mass is 79.9. The molecule has 3 aromatic rings. The van der Waals surface area contributed by atoms with Crippen LogP contribution < -0.4 is 19.5 Å². The second kappa shape index (κ2) is 13.5. The molecule has 1 heterocycles. The van der Waals surface area contributed by atoms with E-state index in [1.165, 1.54) is 4.90 Å². The third-order valence-corrected chi connectivity index (χ3v) is 7.22. The zero-order chi connectivity index (χ0) is 28.6. The van der Waals surface area contributed by atoms with Crippen molar-refractivity contribution in [2.24, 2.45) is 0 Å². The first kappa shape index (κ1) is 29.2. The van der Waals surface area contributed by atoms with E-state index < -0.39 is 0 Å². The number of nitrogens with one attached hydrogen (secondary N) is 1. The van der Waals surface area contributed by atoms with E-state index in [1.54, 1.807) is 24.3 Å². The monoisotopic (exact) mass is 624 g/mol. The number of halogens is 1. The van der Waals surface area contributed by atoms with Crippen LogP contribution in [0.4, 0.5) is 10.5 Å². The van der Waals surface area contributed by atoms with Crippen LogP contribution in [0.25, 0.3) is 6.08 Å². The van der Waals surface area contributed by atoms with Crippen molar-refractivity contribution < 1.29 is 28.6 Å². The van der Waals surface area contributed by atoms with E-state index in [9.17, 15) is 14.4 Å². The Bertz CT molecular complexity index is 1460. The summed E-state index contributed by atoms with van der Waals surface area (Å²) in [4.78, 5) is 39.5. The Morgan fingerprint density at radius 3 is 2.48 bits per heavy atom. The molecule has 1 fully saturated rings. The third kappa shape index (κ3) is 7.67. The number of ether oxygens (including phenoxy) is 3. The van der Waals surface area contributed by atoms with Crippen LogP contribution in [-0.2, 0) is 9.59 Å². The van der Waals surface area contributed by atoms with Crippen molar-refractivity contribution in [3.05, 3.63) is 86.7 Å². The van der Waals surface area contributed by atoms with Gasteiger partial charge in [-0.1, -0.05) is 24.3 Å². The number of rotatable bonds is 11. The number of hydrogen-bond donors (Lipinski definition) is 1. The van der Waals surface area contributed by atoms with Gasteiger partial charge in [-0.05, 0) is 108 Å². The fourth-order valence-corrected chi connectivity index (χ4v) is 5.38. The van der Waals surface area contributed by atoms with Gasteiger partial charge >= 0.3 is 0 Å². The van der Waals surface area contributed by atoms with Crippen LogP contribution in [-0.4, -0.2) is 48.3 Å². The highest BCUT2D eigenvalue weighted by molar-refractivity contribution is 9.10. The van der Waals surface area contributed by atoms with E-state index in [2.05, 4.69) is 21.2 Å². The predicted molar refractivity (Wildman–Crippen MR) is 160 cm³/mol. The first-order valence-corrected chi connectivity index (χ1v) is 14.2. The molecular formula is C30H29BrN2O6S. The van der Waals surface area contributed by atoms with Crippen LogP contribution in [0.5, 0.6) is 17.2 Å². The Labute approximate surface area is 245 Å². The normalized spacial score (nSPS) is 14.0. The maximum absolute atomic E-state index is 13.0. The summed E-state index contributed by atoms with van der Waals surface area (Å²) in [6.45, 7) is 6.21. The van der Waals surface area contributed by atoms with Crippen molar-refractivity contribution >= 4 is 56.5 Å². The largest absolute Gasteiger partial charge is 0.492 e. The molecule has 3 aromatic carbocycles. The quantitative estimate of drug-likeness (QED) is 0.240. The fourth-order valence-electron chi connectivity index (χ4n) is 3.94. The second-order valence-corrected chi connectivity index (χ2v) is 10.8. The summed E-state index contributed by atoms with van der Waals surface area (Å²) in [7, 11) is 0. The lowest BCUT2D eigenvalue weighted by atomic mass is 10.2. The summed E-state index contributed by atoms with van der Waals surface area (Å²) in [5, 5.41) is 2.45. The van der Waals surface area contributed by atoms with Crippen molar-refractivity contribution in [2.45, 2.75) is 20.8 Å². The topological polar surface area (TPSA) is 94.2 Å². The van der Waals surface area contributed by atoms with Gasteiger partial charge in [0.2, 0.25) is 0 Å². The average molecular weight is 626 g/mol. The van der Waals surface area contributed by atoms with Crippen LogP contribution in [0.3, 0.4) is 0 Å². The number of anilines is 1. The minimum Gasteiger partial charge on any atom is -0.492 e. The van der Waals surface area contributed by atoms with Gasteiger partial charge in [0, 0.05) is 5.69 Å². The van der Waals surface area contributed by atoms with E-state index in [4.69, 9.17) is 14.2 Å². The predicted octanol–water partition coefficient (Wildman–Crippen LogP) is 6.60. The van der Waals surface area contributed by atoms with E-state index in [1.807, 2.05) is 63.2 Å². The Morgan fingerprint density at radius 1 is 1.00 bits per heavy atom. The summed E-state index contributed by atoms with van der Waals surface area (Å²) >= 11 is 4.37. The highest BCUT2D eigenvalue weighted by Crippen LogP contribution is 2.39. The van der Waals surface area contributed by atoms with Gasteiger partial charge in [0.15, 0.2) is 18.1 Å². The Balaban J connectivity index is 1.42. The lowest BCUT2D eigenvalue weighted by molar-refractivity contribution is -0.123. The van der Waals surface area contributed by atoms with Crippen molar-refractivity contribution in [1.29, 1.82) is 0 Å². The zero-order valence-electron chi connectivity index (χ0n) is 22.4. The van der Waals surface area contributed by atoms with Gasteiger partial charge in [0.25, 0.3) is 17.1 Å². The summed E-state index contributed by atoms with van der Waals surface area (Å²) in [5.74, 6) is 0.747. The molecule has 1 aliphatic heterocycles. The summed E-state index contributed by atoms with van der Waals surface area (Å²) in [6.07, 6.45) is 1.63. The van der Waals surface area contributed by atoms with E-state index >= 15 is 0 Å². The zero-order valence-corrected chi connectivity index (χ0v) is 24.8. The van der Waals surface area contributed by atoms with Crippen LogP contribution in [0.1, 0.15) is 23.6 Å². The lowest BCUT2D eigenvalue weighted by Crippen LogP contribution is -2.32. The Hall–Kier alpha value is -3.76. The molecule has 8 nitrogen and oxygen atoms in total. The maximum Gasteiger partial charge on any atom is 0.293 e. The number of carbonyl (C=O) groups is 3. The lowest BCUT2D eigenvalue weighted by Gasteiger charge is -2.15. The number of carbonyl (C=O) groups excluding carboxylic acids is 3. The van der Waals surface area contributed by atoms with Gasteiger partial charge in [-0.2, -0.15) is 0 Å². The molecule has 0 radical (unpaired) electrons. The molecule has 0 saturated carbocycles. The molecular weight excluding hydrogens is 596 g/mol. The van der Waals surface area contributed by atoms with Gasteiger partial charge < -0.3 is 19.5 Å². The summed E-state index contributed by atoms with van der Waals surface area (Å²) in [6, 6.07) is 18.5. The number of imide groups is 1. The first-order chi connectivity index (χ1) is 19.2. The van der Waals surface area contributed by atoms with Gasteiger partial charge in [0.05, 0.1) is 22.5 Å². The van der Waals surface area contributed by atoms with Gasteiger partial charge in [-0.25, -0.2) is 0 Å². The minimum atomic E-state index is -0.384. The molecule has 1 saturated heterocycles. The Morgan fingerprint density at radius 2 is 1.75 bits per heavy atom. The number of hydrogen-bond acceptors (Lipinski definition) is 7. The van der Waals surface area contributed by atoms with E-state index in [-0.39, 0.29) is 36.8 Å². The van der Waals surface area contributed by atoms with E-state index in [0.717, 1.165) is 22.9 Å². The second-order valence-electron chi connectivity index (χ2n) is 8.97.